The minimum Gasteiger partial charge on any atom is -0.314 e. The summed E-state index contributed by atoms with van der Waals surface area (Å²) in [5.74, 6) is 0. The molecule has 1 aliphatic rings. The van der Waals surface area contributed by atoms with Crippen molar-refractivity contribution in [1.82, 2.24) is 10.2 Å². The van der Waals surface area contributed by atoms with Crippen LogP contribution in [0.4, 0.5) is 0 Å². The lowest BCUT2D eigenvalue weighted by Crippen LogP contribution is -2.52. The van der Waals surface area contributed by atoms with Crippen molar-refractivity contribution in [1.29, 1.82) is 0 Å². The third-order valence-corrected chi connectivity index (χ3v) is 2.27. The molecule has 1 saturated heterocycles. The first-order valence-electron chi connectivity index (χ1n) is 3.64. The van der Waals surface area contributed by atoms with E-state index in [1.807, 2.05) is 0 Å². The van der Waals surface area contributed by atoms with Gasteiger partial charge in [0.25, 0.3) is 0 Å². The summed E-state index contributed by atoms with van der Waals surface area (Å²) >= 11 is 0. The molecule has 0 amide bonds. The van der Waals surface area contributed by atoms with Crippen LogP contribution in [-0.4, -0.2) is 37.1 Å². The molecule has 1 heterocycles. The van der Waals surface area contributed by atoms with Gasteiger partial charge in [0.05, 0.1) is 0 Å². The summed E-state index contributed by atoms with van der Waals surface area (Å²) in [7, 11) is 2.19. The molecule has 2 atom stereocenters. The highest BCUT2D eigenvalue weighted by Gasteiger charge is 2.19. The van der Waals surface area contributed by atoms with Gasteiger partial charge in [-0.25, -0.2) is 0 Å². The molecule has 0 unspecified atom stereocenters. The first kappa shape index (κ1) is 14.0. The molecule has 0 spiro atoms. The quantitative estimate of drug-likeness (QED) is 0.632. The summed E-state index contributed by atoms with van der Waals surface area (Å²) in [6.45, 7) is 6.78. The van der Waals surface area contributed by atoms with Crippen LogP contribution in [-0.2, 0) is 0 Å². The van der Waals surface area contributed by atoms with E-state index in [1.165, 1.54) is 0 Å². The van der Waals surface area contributed by atoms with E-state index in [-0.39, 0.29) is 24.8 Å². The molecule has 0 aromatic rings. The van der Waals surface area contributed by atoms with Gasteiger partial charge in [-0.1, -0.05) is 0 Å². The maximum atomic E-state index is 3.37. The Kier molecular flexibility index (Phi) is 7.75. The zero-order valence-electron chi connectivity index (χ0n) is 7.33. The van der Waals surface area contributed by atoms with E-state index in [9.17, 15) is 0 Å². The number of nitrogens with one attached hydrogen (secondary N) is 1. The fraction of sp³-hybridized carbons (Fsp3) is 1.00. The van der Waals surface area contributed by atoms with E-state index in [2.05, 4.69) is 31.1 Å². The highest BCUT2D eigenvalue weighted by Crippen LogP contribution is 2.04. The zero-order valence-corrected chi connectivity index (χ0v) is 8.97. The number of likely N-dealkylation sites (N-methyl/N-ethyl adjacent to an activating group) is 1. The molecule has 1 fully saturated rings. The summed E-state index contributed by atoms with van der Waals surface area (Å²) in [5.41, 5.74) is 0. The van der Waals surface area contributed by atoms with E-state index in [1.54, 1.807) is 0 Å². The van der Waals surface area contributed by atoms with Gasteiger partial charge >= 0.3 is 0 Å². The Hall–Kier alpha value is 0.500. The van der Waals surface area contributed by atoms with Gasteiger partial charge in [-0.2, -0.15) is 0 Å². The number of hydrogen-bond donors (Lipinski definition) is 1. The maximum Gasteiger partial charge on any atom is 0.0192 e. The minimum absolute atomic E-state index is 0. The van der Waals surface area contributed by atoms with Crippen molar-refractivity contribution in [2.45, 2.75) is 25.9 Å². The normalized spacial score (nSPS) is 31.9. The van der Waals surface area contributed by atoms with Crippen molar-refractivity contribution >= 4 is 24.8 Å². The highest BCUT2D eigenvalue weighted by molar-refractivity contribution is 5.85. The van der Waals surface area contributed by atoms with Crippen LogP contribution in [0.15, 0.2) is 0 Å². The second-order valence-corrected chi connectivity index (χ2v) is 3.02. The number of piperazine rings is 1. The molecular formula is C7H18Cl2N2. The van der Waals surface area contributed by atoms with E-state index in [0.717, 1.165) is 13.1 Å². The van der Waals surface area contributed by atoms with Gasteiger partial charge in [-0.3, -0.25) is 4.90 Å². The second-order valence-electron chi connectivity index (χ2n) is 3.02. The van der Waals surface area contributed by atoms with Crippen LogP contribution in [0.5, 0.6) is 0 Å². The first-order valence-corrected chi connectivity index (χ1v) is 3.64. The van der Waals surface area contributed by atoms with Crippen LogP contribution in [0, 0.1) is 0 Å². The molecule has 1 rings (SSSR count). The molecule has 4 heteroatoms. The second kappa shape index (κ2) is 6.06. The Bertz CT molecular complexity index is 90.4. The van der Waals surface area contributed by atoms with E-state index in [0.29, 0.717) is 12.1 Å². The highest BCUT2D eigenvalue weighted by atomic mass is 35.5. The third kappa shape index (κ3) is 3.61. The van der Waals surface area contributed by atoms with Crippen LogP contribution in [0.3, 0.4) is 0 Å². The van der Waals surface area contributed by atoms with Gasteiger partial charge in [0.15, 0.2) is 0 Å². The van der Waals surface area contributed by atoms with Gasteiger partial charge in [-0.05, 0) is 20.9 Å². The Labute approximate surface area is 81.5 Å². The van der Waals surface area contributed by atoms with Crippen molar-refractivity contribution in [2.75, 3.05) is 20.1 Å². The summed E-state index contributed by atoms with van der Waals surface area (Å²) in [4.78, 5) is 2.41. The van der Waals surface area contributed by atoms with E-state index >= 15 is 0 Å². The van der Waals surface area contributed by atoms with E-state index < -0.39 is 0 Å². The lowest BCUT2D eigenvalue weighted by atomic mass is 10.1. The van der Waals surface area contributed by atoms with Crippen molar-refractivity contribution in [3.05, 3.63) is 0 Å². The summed E-state index contributed by atoms with van der Waals surface area (Å²) in [5, 5.41) is 3.37. The Morgan fingerprint density at radius 3 is 1.73 bits per heavy atom. The Morgan fingerprint density at radius 2 is 1.45 bits per heavy atom. The number of rotatable bonds is 0. The summed E-state index contributed by atoms with van der Waals surface area (Å²) in [6.07, 6.45) is 0. The maximum absolute atomic E-state index is 3.37. The van der Waals surface area contributed by atoms with Crippen molar-refractivity contribution in [3.63, 3.8) is 0 Å². The van der Waals surface area contributed by atoms with Gasteiger partial charge < -0.3 is 5.32 Å². The molecular weight excluding hydrogens is 183 g/mol. The van der Waals surface area contributed by atoms with Crippen molar-refractivity contribution < 1.29 is 0 Å². The monoisotopic (exact) mass is 200 g/mol. The van der Waals surface area contributed by atoms with Crippen LogP contribution in [0.1, 0.15) is 13.8 Å². The largest absolute Gasteiger partial charge is 0.314 e. The molecule has 2 nitrogen and oxygen atoms in total. The lowest BCUT2D eigenvalue weighted by molar-refractivity contribution is 0.152. The smallest absolute Gasteiger partial charge is 0.0192 e. The van der Waals surface area contributed by atoms with Crippen molar-refractivity contribution in [2.24, 2.45) is 0 Å². The molecule has 1 N–H and O–H groups in total. The molecule has 70 valence electrons. The predicted molar refractivity (Wildman–Crippen MR) is 54.1 cm³/mol. The number of hydrogen-bond acceptors (Lipinski definition) is 2. The molecule has 0 saturated carbocycles. The molecule has 0 aliphatic carbocycles. The molecule has 1 aliphatic heterocycles. The van der Waals surface area contributed by atoms with E-state index in [4.69, 9.17) is 0 Å². The fourth-order valence-corrected chi connectivity index (χ4v) is 1.22. The van der Waals surface area contributed by atoms with Crippen molar-refractivity contribution in [3.8, 4) is 0 Å². The first-order chi connectivity index (χ1) is 4.22. The molecule has 11 heavy (non-hydrogen) atoms. The van der Waals surface area contributed by atoms with Gasteiger partial charge in [-0.15, -0.1) is 24.8 Å². The minimum atomic E-state index is 0. The Balaban J connectivity index is 0. The number of nitrogens with zero attached hydrogens (tertiary/aromatic N) is 1. The molecule has 0 radical (unpaired) electrons. The average Bonchev–Trinajstić information content (AvgIpc) is 1.83. The summed E-state index contributed by atoms with van der Waals surface area (Å²) < 4.78 is 0. The zero-order chi connectivity index (χ0) is 6.85. The van der Waals surface area contributed by atoms with Gasteiger partial charge in [0, 0.05) is 25.2 Å². The summed E-state index contributed by atoms with van der Waals surface area (Å²) in [6, 6.07) is 1.41. The molecule has 0 aromatic carbocycles. The Morgan fingerprint density at radius 1 is 1.09 bits per heavy atom. The fourth-order valence-electron chi connectivity index (χ4n) is 1.22. The third-order valence-electron chi connectivity index (χ3n) is 2.27. The molecule has 0 bridgehead atoms. The standard InChI is InChI=1S/C7H16N2.2ClH/c1-6-4-8-5-7(2)9(6)3;;/h6-8H,4-5H2,1-3H3;2*1H/t6-,7-;;/m0../s1. The SMILES string of the molecule is C[C@H]1CNC[C@H](C)N1C.Cl.Cl. The number of halogens is 2. The van der Waals surface area contributed by atoms with Gasteiger partial charge in [0.1, 0.15) is 0 Å². The lowest BCUT2D eigenvalue weighted by Gasteiger charge is -2.36. The van der Waals surface area contributed by atoms with Crippen LogP contribution in [0.2, 0.25) is 0 Å². The van der Waals surface area contributed by atoms with Crippen LogP contribution >= 0.6 is 24.8 Å². The average molecular weight is 201 g/mol. The van der Waals surface area contributed by atoms with Crippen LogP contribution in [0.25, 0.3) is 0 Å². The predicted octanol–water partition coefficient (Wildman–Crippen LogP) is 1.14. The topological polar surface area (TPSA) is 15.3 Å². The van der Waals surface area contributed by atoms with Gasteiger partial charge in [0.2, 0.25) is 0 Å². The molecule has 0 aromatic heterocycles. The van der Waals surface area contributed by atoms with Crippen LogP contribution < -0.4 is 5.32 Å².